The van der Waals surface area contributed by atoms with Gasteiger partial charge in [-0.1, -0.05) is 18.2 Å². The summed E-state index contributed by atoms with van der Waals surface area (Å²) in [5.74, 6) is 1.16. The Labute approximate surface area is 107 Å². The molecule has 3 heteroatoms. The molecule has 2 nitrogen and oxygen atoms in total. The van der Waals surface area contributed by atoms with Crippen LogP contribution in [0.3, 0.4) is 0 Å². The highest BCUT2D eigenvalue weighted by molar-refractivity contribution is 5.18. The van der Waals surface area contributed by atoms with Crippen LogP contribution in [-0.4, -0.2) is 13.6 Å². The summed E-state index contributed by atoms with van der Waals surface area (Å²) in [6.07, 6.45) is 3.21. The summed E-state index contributed by atoms with van der Waals surface area (Å²) in [6.45, 7) is 0.842. The van der Waals surface area contributed by atoms with Crippen LogP contribution in [0.25, 0.3) is 0 Å². The quantitative estimate of drug-likeness (QED) is 0.848. The third-order valence-corrected chi connectivity index (χ3v) is 3.03. The van der Waals surface area contributed by atoms with E-state index in [9.17, 15) is 4.39 Å². The van der Waals surface area contributed by atoms with Crippen LogP contribution in [0, 0.1) is 11.7 Å². The van der Waals surface area contributed by atoms with Crippen LogP contribution in [0.1, 0.15) is 11.3 Å². The van der Waals surface area contributed by atoms with Crippen molar-refractivity contribution in [2.45, 2.75) is 12.8 Å². The van der Waals surface area contributed by atoms with Gasteiger partial charge < -0.3 is 9.73 Å². The summed E-state index contributed by atoms with van der Waals surface area (Å²) in [5, 5.41) is 3.16. The van der Waals surface area contributed by atoms with Crippen molar-refractivity contribution in [1.29, 1.82) is 0 Å². The van der Waals surface area contributed by atoms with Gasteiger partial charge in [-0.3, -0.25) is 0 Å². The molecule has 0 aliphatic rings. The maximum Gasteiger partial charge on any atom is 0.126 e. The molecule has 0 fully saturated rings. The van der Waals surface area contributed by atoms with E-state index in [1.165, 1.54) is 6.07 Å². The van der Waals surface area contributed by atoms with E-state index in [0.717, 1.165) is 24.3 Å². The van der Waals surface area contributed by atoms with Crippen LogP contribution in [0.5, 0.6) is 0 Å². The lowest BCUT2D eigenvalue weighted by atomic mass is 9.95. The van der Waals surface area contributed by atoms with Gasteiger partial charge >= 0.3 is 0 Å². The number of benzene rings is 1. The number of hydrogen-bond acceptors (Lipinski definition) is 2. The minimum atomic E-state index is -0.127. The first-order valence-corrected chi connectivity index (χ1v) is 6.20. The Morgan fingerprint density at radius 3 is 2.67 bits per heavy atom. The van der Waals surface area contributed by atoms with Gasteiger partial charge in [0.15, 0.2) is 0 Å². The highest BCUT2D eigenvalue weighted by Gasteiger charge is 2.13. The largest absolute Gasteiger partial charge is 0.469 e. The fourth-order valence-electron chi connectivity index (χ4n) is 2.19. The molecule has 1 unspecified atom stereocenters. The lowest BCUT2D eigenvalue weighted by molar-refractivity contribution is 0.420. The van der Waals surface area contributed by atoms with Gasteiger partial charge in [-0.15, -0.1) is 0 Å². The molecule has 0 saturated heterocycles. The fourth-order valence-corrected chi connectivity index (χ4v) is 2.19. The highest BCUT2D eigenvalue weighted by Crippen LogP contribution is 2.17. The van der Waals surface area contributed by atoms with E-state index in [-0.39, 0.29) is 5.82 Å². The van der Waals surface area contributed by atoms with Gasteiger partial charge in [0.1, 0.15) is 11.6 Å². The van der Waals surface area contributed by atoms with Gasteiger partial charge in [-0.05, 0) is 49.7 Å². The van der Waals surface area contributed by atoms with Crippen molar-refractivity contribution < 1.29 is 8.81 Å². The topological polar surface area (TPSA) is 25.2 Å². The molecule has 1 aromatic carbocycles. The first kappa shape index (κ1) is 12.8. The smallest absolute Gasteiger partial charge is 0.126 e. The maximum atomic E-state index is 13.6. The van der Waals surface area contributed by atoms with Crippen molar-refractivity contribution in [3.63, 3.8) is 0 Å². The van der Waals surface area contributed by atoms with Crippen LogP contribution in [0.2, 0.25) is 0 Å². The van der Waals surface area contributed by atoms with Gasteiger partial charge in [-0.25, -0.2) is 4.39 Å². The molecule has 1 aromatic heterocycles. The van der Waals surface area contributed by atoms with Crippen molar-refractivity contribution in [3.05, 3.63) is 59.8 Å². The Balaban J connectivity index is 2.04. The zero-order chi connectivity index (χ0) is 12.8. The molecule has 0 aliphatic carbocycles. The molecule has 2 rings (SSSR count). The molecule has 0 radical (unpaired) electrons. The Kier molecular flexibility index (Phi) is 4.53. The first-order valence-electron chi connectivity index (χ1n) is 6.20. The summed E-state index contributed by atoms with van der Waals surface area (Å²) in [5.41, 5.74) is 0.768. The number of hydrogen-bond donors (Lipinski definition) is 1. The van der Waals surface area contributed by atoms with Gasteiger partial charge in [0.05, 0.1) is 6.26 Å². The minimum Gasteiger partial charge on any atom is -0.469 e. The highest BCUT2D eigenvalue weighted by atomic mass is 19.1. The molecule has 0 bridgehead atoms. The zero-order valence-electron chi connectivity index (χ0n) is 10.5. The third-order valence-electron chi connectivity index (χ3n) is 3.03. The van der Waals surface area contributed by atoms with E-state index in [2.05, 4.69) is 5.32 Å². The lowest BCUT2D eigenvalue weighted by Gasteiger charge is -2.15. The molecular formula is C15H18FNO. The molecule has 1 heterocycles. The van der Waals surface area contributed by atoms with Crippen LogP contribution in [0.15, 0.2) is 47.1 Å². The predicted octanol–water partition coefficient (Wildman–Crippen LogP) is 3.04. The number of rotatable bonds is 6. The maximum absolute atomic E-state index is 13.6. The predicted molar refractivity (Wildman–Crippen MR) is 69.9 cm³/mol. The average Bonchev–Trinajstić information content (AvgIpc) is 2.85. The molecule has 18 heavy (non-hydrogen) atoms. The number of nitrogens with one attached hydrogen (secondary N) is 1. The van der Waals surface area contributed by atoms with Gasteiger partial charge in [-0.2, -0.15) is 0 Å². The fraction of sp³-hybridized carbons (Fsp3) is 0.333. The normalized spacial score (nSPS) is 12.6. The number of furan rings is 1. The molecule has 0 spiro atoms. The van der Waals surface area contributed by atoms with Crippen LogP contribution >= 0.6 is 0 Å². The molecule has 96 valence electrons. The number of halogens is 1. The third kappa shape index (κ3) is 3.44. The SMILES string of the molecule is CNCC(Cc1ccco1)Cc1ccccc1F. The summed E-state index contributed by atoms with van der Waals surface area (Å²) >= 11 is 0. The standard InChI is InChI=1S/C15H18FNO/c1-17-11-12(10-14-6-4-8-18-14)9-13-5-2-3-7-15(13)16/h2-8,12,17H,9-11H2,1H3. The summed E-state index contributed by atoms with van der Waals surface area (Å²) < 4.78 is 19.0. The molecule has 1 N–H and O–H groups in total. The Morgan fingerprint density at radius 1 is 1.17 bits per heavy atom. The van der Waals surface area contributed by atoms with E-state index in [0.29, 0.717) is 12.3 Å². The minimum absolute atomic E-state index is 0.127. The zero-order valence-corrected chi connectivity index (χ0v) is 10.5. The van der Waals surface area contributed by atoms with Crippen molar-refractivity contribution in [2.75, 3.05) is 13.6 Å². The van der Waals surface area contributed by atoms with Crippen molar-refractivity contribution >= 4 is 0 Å². The molecule has 0 saturated carbocycles. The van der Waals surface area contributed by atoms with E-state index < -0.39 is 0 Å². The molecule has 1 atom stereocenters. The van der Waals surface area contributed by atoms with Gasteiger partial charge in [0.2, 0.25) is 0 Å². The monoisotopic (exact) mass is 247 g/mol. The van der Waals surface area contributed by atoms with Crippen LogP contribution in [0.4, 0.5) is 4.39 Å². The van der Waals surface area contributed by atoms with E-state index >= 15 is 0 Å². The van der Waals surface area contributed by atoms with E-state index in [4.69, 9.17) is 4.42 Å². The second-order valence-electron chi connectivity index (χ2n) is 4.50. The van der Waals surface area contributed by atoms with Gasteiger partial charge in [0.25, 0.3) is 0 Å². The summed E-state index contributed by atoms with van der Waals surface area (Å²) in [6, 6.07) is 10.8. The van der Waals surface area contributed by atoms with Crippen molar-refractivity contribution in [3.8, 4) is 0 Å². The Bertz CT molecular complexity index is 467. The average molecular weight is 247 g/mol. The second kappa shape index (κ2) is 6.36. The van der Waals surface area contributed by atoms with Gasteiger partial charge in [0, 0.05) is 6.42 Å². The van der Waals surface area contributed by atoms with Crippen molar-refractivity contribution in [1.82, 2.24) is 5.32 Å². The Hall–Kier alpha value is -1.61. The van der Waals surface area contributed by atoms with E-state index in [1.807, 2.05) is 31.3 Å². The summed E-state index contributed by atoms with van der Waals surface area (Å²) in [4.78, 5) is 0. The van der Waals surface area contributed by atoms with Crippen molar-refractivity contribution in [2.24, 2.45) is 5.92 Å². The lowest BCUT2D eigenvalue weighted by Crippen LogP contribution is -2.23. The van der Waals surface area contributed by atoms with E-state index in [1.54, 1.807) is 12.3 Å². The molecule has 0 amide bonds. The molecule has 0 aliphatic heterocycles. The van der Waals surface area contributed by atoms with Crippen LogP contribution in [-0.2, 0) is 12.8 Å². The summed E-state index contributed by atoms with van der Waals surface area (Å²) in [7, 11) is 1.91. The van der Waals surface area contributed by atoms with Crippen LogP contribution < -0.4 is 5.32 Å². The second-order valence-corrected chi connectivity index (χ2v) is 4.50. The first-order chi connectivity index (χ1) is 8.79. The molecule has 2 aromatic rings. The Morgan fingerprint density at radius 2 is 2.00 bits per heavy atom. The molecular weight excluding hydrogens is 229 g/mol.